The second kappa shape index (κ2) is 8.64. The molecule has 0 radical (unpaired) electrons. The summed E-state index contributed by atoms with van der Waals surface area (Å²) < 4.78 is 5.94. The Kier molecular flexibility index (Phi) is 5.54. The summed E-state index contributed by atoms with van der Waals surface area (Å²) in [5.41, 5.74) is 3.66. The number of carbonyl (C=O) groups is 2. The van der Waals surface area contributed by atoms with Gasteiger partial charge in [-0.2, -0.15) is 5.26 Å². The largest absolute Gasteiger partial charge is 0.489 e. The van der Waals surface area contributed by atoms with Gasteiger partial charge in [0.25, 0.3) is 0 Å². The number of benzene rings is 2. The van der Waals surface area contributed by atoms with Gasteiger partial charge >= 0.3 is 0 Å². The summed E-state index contributed by atoms with van der Waals surface area (Å²) in [7, 11) is 0. The fourth-order valence-corrected chi connectivity index (χ4v) is 4.96. The van der Waals surface area contributed by atoms with E-state index in [1.165, 1.54) is 0 Å². The molecule has 164 valence electrons. The van der Waals surface area contributed by atoms with Gasteiger partial charge in [-0.25, -0.2) is 0 Å². The third-order valence-corrected chi connectivity index (χ3v) is 6.71. The van der Waals surface area contributed by atoms with Gasteiger partial charge in [0.1, 0.15) is 24.9 Å². The minimum absolute atomic E-state index is 0.0263. The van der Waals surface area contributed by atoms with Gasteiger partial charge in [-0.1, -0.05) is 18.2 Å². The summed E-state index contributed by atoms with van der Waals surface area (Å²) in [6.45, 7) is 2.77. The zero-order valence-corrected chi connectivity index (χ0v) is 17.9. The predicted octanol–water partition coefficient (Wildman–Crippen LogP) is 1.98. The molecule has 3 heterocycles. The standard InChI is InChI=1S/C25H26N4O3/c26-13-17-2-1-3-18(10-17)16-32-22-5-4-19-12-23-25(31)28(21-6-8-27-9-7-21)15-24(30)29(23)14-20(19)11-22/h1-5,10-11,21,23,27H,6-9,12,14-16H2/t23-/m1/s1. The average Bonchev–Trinajstić information content (AvgIpc) is 2.84. The number of amides is 2. The molecular formula is C25H26N4O3. The van der Waals surface area contributed by atoms with E-state index in [2.05, 4.69) is 11.4 Å². The highest BCUT2D eigenvalue weighted by molar-refractivity contribution is 5.95. The Morgan fingerprint density at radius 2 is 1.88 bits per heavy atom. The van der Waals surface area contributed by atoms with Gasteiger partial charge in [0, 0.05) is 19.0 Å². The smallest absolute Gasteiger partial charge is 0.246 e. The number of rotatable bonds is 4. The van der Waals surface area contributed by atoms with Gasteiger partial charge in [0.2, 0.25) is 11.8 Å². The highest BCUT2D eigenvalue weighted by Crippen LogP contribution is 2.31. The van der Waals surface area contributed by atoms with Crippen molar-refractivity contribution in [2.24, 2.45) is 0 Å². The van der Waals surface area contributed by atoms with Crippen molar-refractivity contribution < 1.29 is 14.3 Å². The third-order valence-electron chi connectivity index (χ3n) is 6.71. The zero-order chi connectivity index (χ0) is 22.1. The van der Waals surface area contributed by atoms with Gasteiger partial charge in [0.05, 0.1) is 11.6 Å². The van der Waals surface area contributed by atoms with Crippen molar-refractivity contribution in [2.75, 3.05) is 19.6 Å². The molecule has 0 aromatic heterocycles. The second-order valence-corrected chi connectivity index (χ2v) is 8.72. The van der Waals surface area contributed by atoms with Crippen LogP contribution >= 0.6 is 0 Å². The van der Waals surface area contributed by atoms with Crippen LogP contribution in [-0.2, 0) is 29.2 Å². The average molecular weight is 431 g/mol. The van der Waals surface area contributed by atoms with E-state index in [1.54, 1.807) is 11.0 Å². The zero-order valence-electron chi connectivity index (χ0n) is 17.9. The Hall–Kier alpha value is -3.37. The fourth-order valence-electron chi connectivity index (χ4n) is 4.96. The molecule has 7 nitrogen and oxygen atoms in total. The highest BCUT2D eigenvalue weighted by Gasteiger charge is 2.44. The second-order valence-electron chi connectivity index (χ2n) is 8.72. The number of hydrogen-bond acceptors (Lipinski definition) is 5. The van der Waals surface area contributed by atoms with Crippen LogP contribution in [0.4, 0.5) is 0 Å². The van der Waals surface area contributed by atoms with Crippen molar-refractivity contribution in [3.05, 3.63) is 64.7 Å². The van der Waals surface area contributed by atoms with Gasteiger partial charge in [0.15, 0.2) is 0 Å². The number of hydrogen-bond donors (Lipinski definition) is 1. The van der Waals surface area contributed by atoms with Crippen LogP contribution in [0.15, 0.2) is 42.5 Å². The number of nitrogens with zero attached hydrogens (tertiary/aromatic N) is 3. The van der Waals surface area contributed by atoms with Gasteiger partial charge in [-0.15, -0.1) is 0 Å². The molecule has 0 unspecified atom stereocenters. The molecule has 0 aliphatic carbocycles. The van der Waals surface area contributed by atoms with Crippen LogP contribution in [0.3, 0.4) is 0 Å². The Morgan fingerprint density at radius 1 is 1.03 bits per heavy atom. The van der Waals surface area contributed by atoms with Crippen LogP contribution in [0, 0.1) is 11.3 Å². The van der Waals surface area contributed by atoms with Crippen molar-refractivity contribution in [3.63, 3.8) is 0 Å². The summed E-state index contributed by atoms with van der Waals surface area (Å²) >= 11 is 0. The number of nitrogens with one attached hydrogen (secondary N) is 1. The Labute approximate surface area is 187 Å². The van der Waals surface area contributed by atoms with Gasteiger partial charge < -0.3 is 19.9 Å². The van der Waals surface area contributed by atoms with Crippen LogP contribution in [0.2, 0.25) is 0 Å². The van der Waals surface area contributed by atoms with Crippen molar-refractivity contribution in [3.8, 4) is 11.8 Å². The molecule has 3 aliphatic heterocycles. The molecule has 32 heavy (non-hydrogen) atoms. The van der Waals surface area contributed by atoms with Crippen LogP contribution in [0.25, 0.3) is 0 Å². The highest BCUT2D eigenvalue weighted by atomic mass is 16.5. The van der Waals surface area contributed by atoms with Crippen molar-refractivity contribution in [1.82, 2.24) is 15.1 Å². The molecule has 0 bridgehead atoms. The van der Waals surface area contributed by atoms with E-state index in [0.29, 0.717) is 25.1 Å². The Bertz CT molecular complexity index is 1090. The van der Waals surface area contributed by atoms with Gasteiger partial charge in [-0.3, -0.25) is 9.59 Å². The normalized spacial score (nSPS) is 21.0. The molecule has 1 atom stereocenters. The van der Waals surface area contributed by atoms with Crippen LogP contribution in [0.5, 0.6) is 5.75 Å². The minimum Gasteiger partial charge on any atom is -0.489 e. The molecule has 0 spiro atoms. The molecule has 2 saturated heterocycles. The van der Waals surface area contributed by atoms with Crippen LogP contribution in [-0.4, -0.2) is 53.3 Å². The minimum atomic E-state index is -0.404. The predicted molar refractivity (Wildman–Crippen MR) is 118 cm³/mol. The molecule has 2 fully saturated rings. The first-order chi connectivity index (χ1) is 15.6. The van der Waals surface area contributed by atoms with Crippen molar-refractivity contribution in [1.29, 1.82) is 5.26 Å². The molecule has 3 aliphatic rings. The number of piperazine rings is 1. The first-order valence-electron chi connectivity index (χ1n) is 11.2. The maximum absolute atomic E-state index is 13.3. The lowest BCUT2D eigenvalue weighted by Crippen LogP contribution is -2.64. The van der Waals surface area contributed by atoms with E-state index in [4.69, 9.17) is 10.00 Å². The first kappa shape index (κ1) is 20.5. The van der Waals surface area contributed by atoms with E-state index < -0.39 is 6.04 Å². The Balaban J connectivity index is 1.30. The van der Waals surface area contributed by atoms with E-state index in [0.717, 1.165) is 48.4 Å². The monoisotopic (exact) mass is 430 g/mol. The number of fused-ring (bicyclic) bond motifs is 2. The van der Waals surface area contributed by atoms with Crippen molar-refractivity contribution >= 4 is 11.8 Å². The topological polar surface area (TPSA) is 85.7 Å². The maximum Gasteiger partial charge on any atom is 0.246 e. The fraction of sp³-hybridized carbons (Fsp3) is 0.400. The molecule has 1 N–H and O–H groups in total. The summed E-state index contributed by atoms with van der Waals surface area (Å²) in [6.07, 6.45) is 2.35. The molecule has 2 aromatic carbocycles. The lowest BCUT2D eigenvalue weighted by atomic mass is 9.90. The first-order valence-corrected chi connectivity index (χ1v) is 11.2. The van der Waals surface area contributed by atoms with Gasteiger partial charge in [-0.05, 0) is 66.9 Å². The molecule has 0 saturated carbocycles. The molecule has 5 rings (SSSR count). The number of nitriles is 1. The lowest BCUT2D eigenvalue weighted by molar-refractivity contribution is -0.160. The lowest BCUT2D eigenvalue weighted by Gasteiger charge is -2.46. The third kappa shape index (κ3) is 3.94. The molecule has 7 heteroatoms. The Morgan fingerprint density at radius 3 is 2.69 bits per heavy atom. The van der Waals surface area contributed by atoms with E-state index >= 15 is 0 Å². The number of piperidine rings is 1. The molecule has 2 amide bonds. The van der Waals surface area contributed by atoms with E-state index in [-0.39, 0.29) is 24.4 Å². The number of carbonyl (C=O) groups excluding carboxylic acids is 2. The summed E-state index contributed by atoms with van der Waals surface area (Å²) in [4.78, 5) is 29.8. The maximum atomic E-state index is 13.3. The quantitative estimate of drug-likeness (QED) is 0.802. The van der Waals surface area contributed by atoms with Crippen LogP contribution < -0.4 is 10.1 Å². The van der Waals surface area contributed by atoms with Crippen molar-refractivity contribution in [2.45, 2.75) is 44.5 Å². The van der Waals surface area contributed by atoms with E-state index in [1.807, 2.05) is 41.3 Å². The summed E-state index contributed by atoms with van der Waals surface area (Å²) in [6, 6.07) is 15.1. The molecular weight excluding hydrogens is 404 g/mol. The summed E-state index contributed by atoms with van der Waals surface area (Å²) in [5.74, 6) is 0.829. The van der Waals surface area contributed by atoms with Crippen LogP contribution in [0.1, 0.15) is 35.1 Å². The van der Waals surface area contributed by atoms with E-state index in [9.17, 15) is 9.59 Å². The summed E-state index contributed by atoms with van der Waals surface area (Å²) in [5, 5.41) is 12.4. The SMILES string of the molecule is N#Cc1cccc(COc2ccc3c(c2)CN2C(=O)CN(C4CCNCC4)C(=O)[C@H]2C3)c1. The number of ether oxygens (including phenoxy) is 1. The molecule has 2 aromatic rings.